The molecule has 0 spiro atoms. The molecule has 0 saturated heterocycles. The van der Waals surface area contributed by atoms with E-state index in [1.165, 1.54) is 25.7 Å². The molecule has 1 saturated carbocycles. The van der Waals surface area contributed by atoms with Crippen molar-refractivity contribution in [3.8, 4) is 0 Å². The van der Waals surface area contributed by atoms with E-state index in [1.54, 1.807) is 0 Å². The number of amides is 1. The number of carbonyl (C=O) groups excluding carboxylic acids is 1. The molecule has 0 aromatic carbocycles. The highest BCUT2D eigenvalue weighted by molar-refractivity contribution is 5.93. The van der Waals surface area contributed by atoms with Gasteiger partial charge in [-0.05, 0) is 25.0 Å². The SMILES string of the molecule is CN(C(=O)c1cn2ccccc2n1)C1CCCCCC1. The van der Waals surface area contributed by atoms with Gasteiger partial charge in [0.15, 0.2) is 0 Å². The Morgan fingerprint density at radius 1 is 1.25 bits per heavy atom. The average Bonchev–Trinajstić information content (AvgIpc) is 2.72. The minimum Gasteiger partial charge on any atom is -0.337 e. The summed E-state index contributed by atoms with van der Waals surface area (Å²) in [4.78, 5) is 18.9. The zero-order valence-electron chi connectivity index (χ0n) is 12.0. The third-order valence-corrected chi connectivity index (χ3v) is 4.28. The largest absolute Gasteiger partial charge is 0.337 e. The molecule has 4 nitrogen and oxygen atoms in total. The highest BCUT2D eigenvalue weighted by Crippen LogP contribution is 2.22. The van der Waals surface area contributed by atoms with Crippen molar-refractivity contribution in [2.75, 3.05) is 7.05 Å². The molecule has 0 unspecified atom stereocenters. The Bertz CT molecular complexity index is 564. The summed E-state index contributed by atoms with van der Waals surface area (Å²) in [6.45, 7) is 0. The molecule has 0 aliphatic heterocycles. The number of carbonyl (C=O) groups is 1. The van der Waals surface area contributed by atoms with Crippen LogP contribution in [0.15, 0.2) is 30.6 Å². The van der Waals surface area contributed by atoms with Crippen LogP contribution in [0.5, 0.6) is 0 Å². The molecule has 4 heteroatoms. The molecule has 0 bridgehead atoms. The van der Waals surface area contributed by atoms with E-state index < -0.39 is 0 Å². The van der Waals surface area contributed by atoms with Gasteiger partial charge >= 0.3 is 0 Å². The van der Waals surface area contributed by atoms with Gasteiger partial charge in [-0.25, -0.2) is 4.98 Å². The molecule has 1 aliphatic rings. The minimum atomic E-state index is 0.0422. The normalized spacial score (nSPS) is 17.1. The van der Waals surface area contributed by atoms with Crippen molar-refractivity contribution in [2.24, 2.45) is 0 Å². The van der Waals surface area contributed by atoms with E-state index in [1.807, 2.05) is 46.9 Å². The summed E-state index contributed by atoms with van der Waals surface area (Å²) in [7, 11) is 1.92. The topological polar surface area (TPSA) is 37.6 Å². The van der Waals surface area contributed by atoms with Gasteiger partial charge in [0.05, 0.1) is 0 Å². The molecule has 0 N–H and O–H groups in total. The Labute approximate surface area is 119 Å². The lowest BCUT2D eigenvalue weighted by atomic mass is 10.1. The first-order valence-electron chi connectivity index (χ1n) is 7.46. The predicted molar refractivity (Wildman–Crippen MR) is 78.8 cm³/mol. The summed E-state index contributed by atoms with van der Waals surface area (Å²) < 4.78 is 1.90. The molecule has 0 atom stereocenters. The molecule has 2 heterocycles. The molecular formula is C16H21N3O. The molecular weight excluding hydrogens is 250 g/mol. The van der Waals surface area contributed by atoms with Crippen LogP contribution >= 0.6 is 0 Å². The lowest BCUT2D eigenvalue weighted by Crippen LogP contribution is -2.36. The van der Waals surface area contributed by atoms with E-state index in [9.17, 15) is 4.79 Å². The van der Waals surface area contributed by atoms with Crippen LogP contribution in [0.2, 0.25) is 0 Å². The maximum Gasteiger partial charge on any atom is 0.274 e. The molecule has 106 valence electrons. The second-order valence-corrected chi connectivity index (χ2v) is 5.65. The van der Waals surface area contributed by atoms with E-state index in [0.29, 0.717) is 11.7 Å². The summed E-state index contributed by atoms with van der Waals surface area (Å²) in [6, 6.07) is 6.17. The van der Waals surface area contributed by atoms with Gasteiger partial charge in [0.1, 0.15) is 11.3 Å². The molecule has 1 aliphatic carbocycles. The van der Waals surface area contributed by atoms with Crippen molar-refractivity contribution in [3.63, 3.8) is 0 Å². The molecule has 1 fully saturated rings. The average molecular weight is 271 g/mol. The second-order valence-electron chi connectivity index (χ2n) is 5.65. The summed E-state index contributed by atoms with van der Waals surface area (Å²) >= 11 is 0. The van der Waals surface area contributed by atoms with Crippen LogP contribution in [0.3, 0.4) is 0 Å². The van der Waals surface area contributed by atoms with Crippen LogP contribution in [0.1, 0.15) is 49.0 Å². The van der Waals surface area contributed by atoms with Crippen LogP contribution in [-0.4, -0.2) is 33.3 Å². The zero-order chi connectivity index (χ0) is 13.9. The first-order valence-corrected chi connectivity index (χ1v) is 7.46. The fraction of sp³-hybridized carbons (Fsp3) is 0.500. The van der Waals surface area contributed by atoms with E-state index in [-0.39, 0.29) is 5.91 Å². The van der Waals surface area contributed by atoms with Crippen molar-refractivity contribution < 1.29 is 4.79 Å². The van der Waals surface area contributed by atoms with Crippen molar-refractivity contribution in [1.29, 1.82) is 0 Å². The van der Waals surface area contributed by atoms with Crippen LogP contribution < -0.4 is 0 Å². The molecule has 0 radical (unpaired) electrons. The van der Waals surface area contributed by atoms with E-state index in [2.05, 4.69) is 4.98 Å². The first kappa shape index (κ1) is 13.2. The number of rotatable bonds is 2. The Hall–Kier alpha value is -1.84. The number of pyridine rings is 1. The van der Waals surface area contributed by atoms with E-state index in [0.717, 1.165) is 18.5 Å². The Kier molecular flexibility index (Phi) is 3.72. The Morgan fingerprint density at radius 2 is 2.00 bits per heavy atom. The van der Waals surface area contributed by atoms with Gasteiger partial charge in [0, 0.05) is 25.5 Å². The van der Waals surface area contributed by atoms with Gasteiger partial charge < -0.3 is 9.30 Å². The summed E-state index contributed by atoms with van der Waals surface area (Å²) in [5.41, 5.74) is 1.37. The standard InChI is InChI=1S/C16H21N3O/c1-18(13-8-4-2-3-5-9-13)16(20)14-12-19-11-7-6-10-15(19)17-14/h6-7,10-13H,2-5,8-9H2,1H3. The second kappa shape index (κ2) is 5.65. The molecule has 20 heavy (non-hydrogen) atoms. The Balaban J connectivity index is 1.79. The summed E-state index contributed by atoms with van der Waals surface area (Å²) in [5.74, 6) is 0.0422. The quantitative estimate of drug-likeness (QED) is 0.787. The van der Waals surface area contributed by atoms with Crippen molar-refractivity contribution in [1.82, 2.24) is 14.3 Å². The zero-order valence-corrected chi connectivity index (χ0v) is 12.0. The Morgan fingerprint density at radius 3 is 2.70 bits per heavy atom. The minimum absolute atomic E-state index is 0.0422. The van der Waals surface area contributed by atoms with Crippen LogP contribution in [0, 0.1) is 0 Å². The van der Waals surface area contributed by atoms with Crippen molar-refractivity contribution in [3.05, 3.63) is 36.3 Å². The summed E-state index contributed by atoms with van der Waals surface area (Å²) in [6.07, 6.45) is 11.0. The highest BCUT2D eigenvalue weighted by atomic mass is 16.2. The summed E-state index contributed by atoms with van der Waals surface area (Å²) in [5, 5.41) is 0. The predicted octanol–water partition coefficient (Wildman–Crippen LogP) is 3.13. The third-order valence-electron chi connectivity index (χ3n) is 4.28. The molecule has 1 amide bonds. The number of fused-ring (bicyclic) bond motifs is 1. The van der Waals surface area contributed by atoms with E-state index in [4.69, 9.17) is 0 Å². The number of hydrogen-bond donors (Lipinski definition) is 0. The van der Waals surface area contributed by atoms with Gasteiger partial charge in [0.2, 0.25) is 0 Å². The van der Waals surface area contributed by atoms with Gasteiger partial charge in [-0.15, -0.1) is 0 Å². The lowest BCUT2D eigenvalue weighted by molar-refractivity contribution is 0.0712. The monoisotopic (exact) mass is 271 g/mol. The smallest absolute Gasteiger partial charge is 0.274 e. The van der Waals surface area contributed by atoms with E-state index >= 15 is 0 Å². The number of nitrogens with zero attached hydrogens (tertiary/aromatic N) is 3. The number of aromatic nitrogens is 2. The molecule has 3 rings (SSSR count). The molecule has 2 aromatic rings. The van der Waals surface area contributed by atoms with Crippen LogP contribution in [0.4, 0.5) is 0 Å². The maximum absolute atomic E-state index is 12.6. The van der Waals surface area contributed by atoms with Gasteiger partial charge in [-0.3, -0.25) is 4.79 Å². The third kappa shape index (κ3) is 2.55. The van der Waals surface area contributed by atoms with Gasteiger partial charge in [-0.2, -0.15) is 0 Å². The maximum atomic E-state index is 12.6. The fourth-order valence-electron chi connectivity index (χ4n) is 3.03. The highest BCUT2D eigenvalue weighted by Gasteiger charge is 2.23. The lowest BCUT2D eigenvalue weighted by Gasteiger charge is -2.26. The number of hydrogen-bond acceptors (Lipinski definition) is 2. The van der Waals surface area contributed by atoms with Crippen LogP contribution in [-0.2, 0) is 0 Å². The number of imidazole rings is 1. The van der Waals surface area contributed by atoms with Crippen molar-refractivity contribution >= 4 is 11.6 Å². The van der Waals surface area contributed by atoms with Gasteiger partial charge in [-0.1, -0.05) is 31.7 Å². The molecule has 2 aromatic heterocycles. The first-order chi connectivity index (χ1) is 9.75. The van der Waals surface area contributed by atoms with Crippen LogP contribution in [0.25, 0.3) is 5.65 Å². The fourth-order valence-corrected chi connectivity index (χ4v) is 3.03. The van der Waals surface area contributed by atoms with Crippen molar-refractivity contribution in [2.45, 2.75) is 44.6 Å². The van der Waals surface area contributed by atoms with Gasteiger partial charge in [0.25, 0.3) is 5.91 Å².